The van der Waals surface area contributed by atoms with E-state index < -0.39 is 5.54 Å². The van der Waals surface area contributed by atoms with Gasteiger partial charge in [-0.25, -0.2) is 0 Å². The second-order valence-electron chi connectivity index (χ2n) is 6.36. The van der Waals surface area contributed by atoms with Crippen LogP contribution in [-0.2, 0) is 12.1 Å². The summed E-state index contributed by atoms with van der Waals surface area (Å²) in [6.07, 6.45) is 1.22. The fraction of sp³-hybridized carbons (Fsp3) is 0.833. The van der Waals surface area contributed by atoms with Crippen LogP contribution in [0.5, 0.6) is 0 Å². The number of likely N-dealkylation sites (tertiary alicyclic amines) is 1. The normalized spacial score (nSPS) is 19.8. The third-order valence-electron chi connectivity index (χ3n) is 3.16. The number of aromatic nitrogens is 2. The predicted molar refractivity (Wildman–Crippen MR) is 72.4 cm³/mol. The number of nitrogens with zero attached hydrogens (tertiary/aromatic N) is 3. The minimum atomic E-state index is -0.536. The molecule has 1 aliphatic heterocycles. The van der Waals surface area contributed by atoms with Crippen LogP contribution in [0, 0.1) is 5.41 Å². The third-order valence-corrected chi connectivity index (χ3v) is 3.16. The van der Waals surface area contributed by atoms with Crippen LogP contribution in [0.15, 0.2) is 4.52 Å². The van der Waals surface area contributed by atoms with E-state index in [0.717, 1.165) is 19.6 Å². The fourth-order valence-corrected chi connectivity index (χ4v) is 2.13. The number of hydrogen-bond donors (Lipinski definition) is 1. The number of nitrogens with two attached hydrogens (primary N) is 1. The van der Waals surface area contributed by atoms with Crippen LogP contribution in [0.25, 0.3) is 0 Å². The summed E-state index contributed by atoms with van der Waals surface area (Å²) < 4.78 is 5.24. The van der Waals surface area contributed by atoms with Crippen LogP contribution in [0.1, 0.15) is 45.8 Å². The zero-order valence-corrected chi connectivity index (χ0v) is 12.4. The second kappa shape index (κ2) is 5.15. The molecule has 18 heavy (non-hydrogen) atoms. The first-order valence-corrected chi connectivity index (χ1v) is 6.11. The zero-order chi connectivity index (χ0) is 12.7. The van der Waals surface area contributed by atoms with Crippen molar-refractivity contribution in [1.29, 1.82) is 0 Å². The van der Waals surface area contributed by atoms with Gasteiger partial charge in [0.25, 0.3) is 0 Å². The van der Waals surface area contributed by atoms with Crippen molar-refractivity contribution >= 4 is 12.4 Å². The Hall–Kier alpha value is -0.650. The molecule has 0 unspecified atom stereocenters. The fourth-order valence-electron chi connectivity index (χ4n) is 2.13. The molecular weight excluding hydrogens is 252 g/mol. The average molecular weight is 275 g/mol. The van der Waals surface area contributed by atoms with Gasteiger partial charge in [-0.15, -0.1) is 12.4 Å². The number of halogens is 1. The Bertz CT molecular complexity index is 397. The Morgan fingerprint density at radius 3 is 2.56 bits per heavy atom. The van der Waals surface area contributed by atoms with Gasteiger partial charge in [-0.1, -0.05) is 19.0 Å². The van der Waals surface area contributed by atoms with E-state index >= 15 is 0 Å². The molecule has 0 aliphatic carbocycles. The van der Waals surface area contributed by atoms with Crippen LogP contribution in [-0.4, -0.2) is 28.1 Å². The molecule has 104 valence electrons. The highest BCUT2D eigenvalue weighted by molar-refractivity contribution is 5.85. The van der Waals surface area contributed by atoms with Crippen molar-refractivity contribution in [2.24, 2.45) is 11.1 Å². The molecule has 6 heteroatoms. The van der Waals surface area contributed by atoms with Gasteiger partial charge in [0.1, 0.15) is 0 Å². The first-order valence-electron chi connectivity index (χ1n) is 6.11. The summed E-state index contributed by atoms with van der Waals surface area (Å²) in [5.74, 6) is 1.24. The summed E-state index contributed by atoms with van der Waals surface area (Å²) in [7, 11) is 0. The summed E-state index contributed by atoms with van der Waals surface area (Å²) in [5, 5.41) is 3.93. The quantitative estimate of drug-likeness (QED) is 0.912. The molecule has 0 atom stereocenters. The van der Waals surface area contributed by atoms with E-state index in [-0.39, 0.29) is 12.4 Å². The molecule has 2 heterocycles. The SMILES string of the molecule is CC1(C)CCN(Cc2nc(C(C)(C)N)no2)C1.Cl. The molecule has 5 nitrogen and oxygen atoms in total. The molecule has 0 saturated carbocycles. The van der Waals surface area contributed by atoms with Crippen molar-refractivity contribution in [3.63, 3.8) is 0 Å². The lowest BCUT2D eigenvalue weighted by Crippen LogP contribution is -2.30. The maximum atomic E-state index is 5.92. The van der Waals surface area contributed by atoms with Gasteiger partial charge in [-0.3, -0.25) is 4.90 Å². The molecule has 2 rings (SSSR count). The Kier molecular flexibility index (Phi) is 4.41. The highest BCUT2D eigenvalue weighted by atomic mass is 35.5. The van der Waals surface area contributed by atoms with E-state index in [1.54, 1.807) is 0 Å². The zero-order valence-electron chi connectivity index (χ0n) is 11.6. The molecule has 0 bridgehead atoms. The topological polar surface area (TPSA) is 68.2 Å². The first kappa shape index (κ1) is 15.4. The highest BCUT2D eigenvalue weighted by Crippen LogP contribution is 2.29. The minimum absolute atomic E-state index is 0. The minimum Gasteiger partial charge on any atom is -0.338 e. The molecular formula is C12H23ClN4O. The molecule has 1 saturated heterocycles. The van der Waals surface area contributed by atoms with Crippen LogP contribution in [0.4, 0.5) is 0 Å². The summed E-state index contributed by atoms with van der Waals surface area (Å²) in [6, 6.07) is 0. The van der Waals surface area contributed by atoms with E-state index in [9.17, 15) is 0 Å². The van der Waals surface area contributed by atoms with Gasteiger partial charge in [0.15, 0.2) is 5.82 Å². The first-order chi connectivity index (χ1) is 7.76. The van der Waals surface area contributed by atoms with Gasteiger partial charge in [0.2, 0.25) is 5.89 Å². The van der Waals surface area contributed by atoms with Crippen molar-refractivity contribution in [2.45, 2.75) is 46.2 Å². The Morgan fingerprint density at radius 1 is 1.44 bits per heavy atom. The maximum absolute atomic E-state index is 5.92. The Balaban J connectivity index is 0.00000162. The van der Waals surface area contributed by atoms with Gasteiger partial charge >= 0.3 is 0 Å². The second-order valence-corrected chi connectivity index (χ2v) is 6.36. The van der Waals surface area contributed by atoms with Crippen LogP contribution in [0.2, 0.25) is 0 Å². The maximum Gasteiger partial charge on any atom is 0.240 e. The lowest BCUT2D eigenvalue weighted by molar-refractivity contribution is 0.243. The molecule has 1 aliphatic rings. The van der Waals surface area contributed by atoms with E-state index in [1.807, 2.05) is 13.8 Å². The van der Waals surface area contributed by atoms with Crippen molar-refractivity contribution in [3.05, 3.63) is 11.7 Å². The van der Waals surface area contributed by atoms with Gasteiger partial charge in [0, 0.05) is 6.54 Å². The molecule has 0 spiro atoms. The van der Waals surface area contributed by atoms with Crippen molar-refractivity contribution in [1.82, 2.24) is 15.0 Å². The van der Waals surface area contributed by atoms with Crippen LogP contribution < -0.4 is 5.73 Å². The summed E-state index contributed by atoms with van der Waals surface area (Å²) >= 11 is 0. The summed E-state index contributed by atoms with van der Waals surface area (Å²) in [6.45, 7) is 11.2. The molecule has 0 aromatic carbocycles. The summed E-state index contributed by atoms with van der Waals surface area (Å²) in [4.78, 5) is 6.70. The Morgan fingerprint density at radius 2 is 2.11 bits per heavy atom. The molecule has 2 N–H and O–H groups in total. The number of hydrogen-bond acceptors (Lipinski definition) is 5. The molecule has 1 aromatic heterocycles. The molecule has 1 fully saturated rings. The van der Waals surface area contributed by atoms with Gasteiger partial charge in [-0.05, 0) is 32.2 Å². The lowest BCUT2D eigenvalue weighted by Gasteiger charge is -2.17. The highest BCUT2D eigenvalue weighted by Gasteiger charge is 2.30. The molecule has 1 aromatic rings. The van der Waals surface area contributed by atoms with E-state index in [2.05, 4.69) is 28.9 Å². The molecule has 0 radical (unpaired) electrons. The molecule has 0 amide bonds. The standard InChI is InChI=1S/C12H22N4O.ClH/c1-11(2)5-6-16(8-11)7-9-14-10(15-17-9)12(3,4)13;/h5-8,13H2,1-4H3;1H. The Labute approximate surface area is 115 Å². The van der Waals surface area contributed by atoms with E-state index in [4.69, 9.17) is 10.3 Å². The van der Waals surface area contributed by atoms with E-state index in [1.165, 1.54) is 6.42 Å². The van der Waals surface area contributed by atoms with Crippen molar-refractivity contribution in [3.8, 4) is 0 Å². The van der Waals surface area contributed by atoms with Gasteiger partial charge in [-0.2, -0.15) is 4.98 Å². The van der Waals surface area contributed by atoms with Crippen LogP contribution >= 0.6 is 12.4 Å². The van der Waals surface area contributed by atoms with Crippen molar-refractivity contribution in [2.75, 3.05) is 13.1 Å². The monoisotopic (exact) mass is 274 g/mol. The lowest BCUT2D eigenvalue weighted by atomic mass is 9.93. The van der Waals surface area contributed by atoms with E-state index in [0.29, 0.717) is 17.1 Å². The third kappa shape index (κ3) is 3.67. The average Bonchev–Trinajstić information content (AvgIpc) is 2.72. The summed E-state index contributed by atoms with van der Waals surface area (Å²) in [5.41, 5.74) is 5.79. The smallest absolute Gasteiger partial charge is 0.240 e. The largest absolute Gasteiger partial charge is 0.338 e. The number of rotatable bonds is 3. The van der Waals surface area contributed by atoms with Gasteiger partial charge in [0.05, 0.1) is 12.1 Å². The predicted octanol–water partition coefficient (Wildman–Crippen LogP) is 1.92. The van der Waals surface area contributed by atoms with Crippen LogP contribution in [0.3, 0.4) is 0 Å². The van der Waals surface area contributed by atoms with Gasteiger partial charge < -0.3 is 10.3 Å². The van der Waals surface area contributed by atoms with Crippen molar-refractivity contribution < 1.29 is 4.52 Å².